The van der Waals surface area contributed by atoms with Crippen molar-refractivity contribution < 1.29 is 24.1 Å². The highest BCUT2D eigenvalue weighted by atomic mass is 16.5. The Hall–Kier alpha value is -1.38. The summed E-state index contributed by atoms with van der Waals surface area (Å²) in [6, 6.07) is 5.98. The van der Waals surface area contributed by atoms with Crippen molar-refractivity contribution in [3.8, 4) is 11.5 Å². The monoisotopic (exact) mass is 410 g/mol. The van der Waals surface area contributed by atoms with E-state index in [1.807, 2.05) is 18.2 Å². The summed E-state index contributed by atoms with van der Waals surface area (Å²) >= 11 is 0. The second kappa shape index (κ2) is 13.0. The summed E-state index contributed by atoms with van der Waals surface area (Å²) in [4.78, 5) is 4.69. The zero-order valence-electron chi connectivity index (χ0n) is 18.4. The van der Waals surface area contributed by atoms with Gasteiger partial charge < -0.3 is 24.1 Å². The molecule has 1 fully saturated rings. The Balaban J connectivity index is 1.96. The first-order valence-electron chi connectivity index (χ1n) is 10.5. The van der Waals surface area contributed by atoms with E-state index in [0.29, 0.717) is 25.7 Å². The first kappa shape index (κ1) is 23.9. The summed E-state index contributed by atoms with van der Waals surface area (Å²) in [5, 5.41) is 10.5. The molecule has 0 spiro atoms. The first-order valence-corrected chi connectivity index (χ1v) is 10.5. The average molecular weight is 411 g/mol. The molecule has 1 N–H and O–H groups in total. The molecule has 1 aromatic carbocycles. The molecule has 0 saturated carbocycles. The minimum absolute atomic E-state index is 0.359. The minimum Gasteiger partial charge on any atom is -0.493 e. The summed E-state index contributed by atoms with van der Waals surface area (Å²) in [5.41, 5.74) is 1.12. The van der Waals surface area contributed by atoms with Gasteiger partial charge in [-0.05, 0) is 23.6 Å². The third kappa shape index (κ3) is 8.88. The number of hydrogen-bond acceptors (Lipinski definition) is 7. The van der Waals surface area contributed by atoms with E-state index in [0.717, 1.165) is 63.0 Å². The van der Waals surface area contributed by atoms with Crippen LogP contribution in [0.1, 0.15) is 19.4 Å². The molecule has 0 aliphatic carbocycles. The van der Waals surface area contributed by atoms with E-state index in [2.05, 4.69) is 23.6 Å². The predicted octanol–water partition coefficient (Wildman–Crippen LogP) is 1.87. The van der Waals surface area contributed by atoms with Crippen molar-refractivity contribution in [1.82, 2.24) is 9.80 Å². The Morgan fingerprint density at radius 1 is 1.10 bits per heavy atom. The van der Waals surface area contributed by atoms with E-state index >= 15 is 0 Å². The van der Waals surface area contributed by atoms with Crippen molar-refractivity contribution in [2.24, 2.45) is 5.92 Å². The van der Waals surface area contributed by atoms with E-state index in [4.69, 9.17) is 18.9 Å². The van der Waals surface area contributed by atoms with Crippen LogP contribution in [0.25, 0.3) is 0 Å². The number of hydrogen-bond donors (Lipinski definition) is 1. The van der Waals surface area contributed by atoms with Gasteiger partial charge >= 0.3 is 0 Å². The van der Waals surface area contributed by atoms with Crippen molar-refractivity contribution in [1.29, 1.82) is 0 Å². The number of ether oxygens (including phenoxy) is 4. The quantitative estimate of drug-likeness (QED) is 0.533. The Kier molecular flexibility index (Phi) is 10.7. The van der Waals surface area contributed by atoms with Gasteiger partial charge in [0.25, 0.3) is 0 Å². The topological polar surface area (TPSA) is 63.6 Å². The fourth-order valence-electron chi connectivity index (χ4n) is 3.37. The van der Waals surface area contributed by atoms with Crippen molar-refractivity contribution in [2.75, 3.05) is 73.4 Å². The largest absolute Gasteiger partial charge is 0.493 e. The Labute approximate surface area is 175 Å². The van der Waals surface area contributed by atoms with Gasteiger partial charge in [0.15, 0.2) is 11.5 Å². The third-order valence-corrected chi connectivity index (χ3v) is 4.92. The highest BCUT2D eigenvalue weighted by Gasteiger charge is 2.17. The zero-order valence-corrected chi connectivity index (χ0v) is 18.4. The van der Waals surface area contributed by atoms with Crippen molar-refractivity contribution >= 4 is 0 Å². The zero-order chi connectivity index (χ0) is 21.1. The van der Waals surface area contributed by atoms with Gasteiger partial charge in [-0.15, -0.1) is 0 Å². The van der Waals surface area contributed by atoms with Gasteiger partial charge in [0, 0.05) is 45.9 Å². The molecular weight excluding hydrogens is 372 g/mol. The lowest BCUT2D eigenvalue weighted by Crippen LogP contribution is -2.43. The standard InChI is InChI=1S/C22H38N2O5/c1-18(2)16-29-17-20(25)15-24(8-7-23-9-11-28-12-10-23)14-19-5-6-21(26-3)22(13-19)27-4/h5-6,13,18,20,25H,7-12,14-17H2,1-4H3. The lowest BCUT2D eigenvalue weighted by molar-refractivity contribution is 0.000948. The molecule has 1 aliphatic rings. The third-order valence-electron chi connectivity index (χ3n) is 4.92. The molecule has 29 heavy (non-hydrogen) atoms. The maximum Gasteiger partial charge on any atom is 0.161 e. The van der Waals surface area contributed by atoms with Gasteiger partial charge in [-0.3, -0.25) is 9.80 Å². The molecule has 1 atom stereocenters. The molecular formula is C22H38N2O5. The summed E-state index contributed by atoms with van der Waals surface area (Å²) in [6.45, 7) is 11.9. The predicted molar refractivity (Wildman–Crippen MR) is 114 cm³/mol. The molecule has 166 valence electrons. The summed E-state index contributed by atoms with van der Waals surface area (Å²) in [5.74, 6) is 1.91. The van der Waals surface area contributed by atoms with E-state index in [-0.39, 0.29) is 0 Å². The molecule has 0 aromatic heterocycles. The van der Waals surface area contributed by atoms with Gasteiger partial charge in [0.2, 0.25) is 0 Å². The van der Waals surface area contributed by atoms with Crippen molar-refractivity contribution in [3.63, 3.8) is 0 Å². The highest BCUT2D eigenvalue weighted by molar-refractivity contribution is 5.42. The normalized spacial score (nSPS) is 16.4. The fraction of sp³-hybridized carbons (Fsp3) is 0.727. The maximum absolute atomic E-state index is 10.5. The molecule has 1 aromatic rings. The van der Waals surface area contributed by atoms with Crippen LogP contribution in [0, 0.1) is 5.92 Å². The minimum atomic E-state index is -0.515. The SMILES string of the molecule is COc1ccc(CN(CCN2CCOCC2)CC(O)COCC(C)C)cc1OC. The molecule has 1 aliphatic heterocycles. The summed E-state index contributed by atoms with van der Waals surface area (Å²) in [7, 11) is 3.29. The van der Waals surface area contributed by atoms with Crippen molar-refractivity contribution in [3.05, 3.63) is 23.8 Å². The van der Waals surface area contributed by atoms with Crippen molar-refractivity contribution in [2.45, 2.75) is 26.5 Å². The van der Waals surface area contributed by atoms with Crippen LogP contribution < -0.4 is 9.47 Å². The van der Waals surface area contributed by atoms with Gasteiger partial charge in [0.05, 0.1) is 40.1 Å². The first-order chi connectivity index (χ1) is 14.0. The van der Waals surface area contributed by atoms with Crippen LogP contribution >= 0.6 is 0 Å². The van der Waals surface area contributed by atoms with Gasteiger partial charge in [0.1, 0.15) is 0 Å². The molecule has 7 heteroatoms. The van der Waals surface area contributed by atoms with Gasteiger partial charge in [-0.1, -0.05) is 19.9 Å². The highest BCUT2D eigenvalue weighted by Crippen LogP contribution is 2.28. The lowest BCUT2D eigenvalue weighted by Gasteiger charge is -2.31. The number of aliphatic hydroxyl groups is 1. The fourth-order valence-corrected chi connectivity index (χ4v) is 3.37. The van der Waals surface area contributed by atoms with Gasteiger partial charge in [-0.2, -0.15) is 0 Å². The molecule has 7 nitrogen and oxygen atoms in total. The van der Waals surface area contributed by atoms with Crippen LogP contribution in [-0.2, 0) is 16.0 Å². The Morgan fingerprint density at radius 3 is 2.48 bits per heavy atom. The summed E-state index contributed by atoms with van der Waals surface area (Å²) < 4.78 is 21.8. The Morgan fingerprint density at radius 2 is 1.83 bits per heavy atom. The van der Waals surface area contributed by atoms with Crippen LogP contribution in [0.3, 0.4) is 0 Å². The summed E-state index contributed by atoms with van der Waals surface area (Å²) in [6.07, 6.45) is -0.515. The van der Waals surface area contributed by atoms with Crippen LogP contribution in [0.4, 0.5) is 0 Å². The molecule has 2 rings (SSSR count). The van der Waals surface area contributed by atoms with Crippen LogP contribution in [-0.4, -0.2) is 94.4 Å². The molecule has 0 bridgehead atoms. The number of rotatable bonds is 13. The van der Waals surface area contributed by atoms with Crippen LogP contribution in [0.15, 0.2) is 18.2 Å². The molecule has 1 saturated heterocycles. The maximum atomic E-state index is 10.5. The molecule has 1 unspecified atom stereocenters. The molecule has 0 amide bonds. The molecule has 1 heterocycles. The molecule has 0 radical (unpaired) electrons. The smallest absolute Gasteiger partial charge is 0.161 e. The van der Waals surface area contributed by atoms with E-state index in [1.54, 1.807) is 14.2 Å². The van der Waals surface area contributed by atoms with E-state index in [1.165, 1.54) is 0 Å². The number of morpholine rings is 1. The number of aliphatic hydroxyl groups excluding tert-OH is 1. The number of nitrogens with zero attached hydrogens (tertiary/aromatic N) is 2. The van der Waals surface area contributed by atoms with E-state index < -0.39 is 6.10 Å². The number of benzene rings is 1. The van der Waals surface area contributed by atoms with Crippen LogP contribution in [0.5, 0.6) is 11.5 Å². The Bertz CT molecular complexity index is 578. The van der Waals surface area contributed by atoms with Gasteiger partial charge in [-0.25, -0.2) is 0 Å². The average Bonchev–Trinajstić information content (AvgIpc) is 2.72. The van der Waals surface area contributed by atoms with E-state index in [9.17, 15) is 5.11 Å². The number of methoxy groups -OCH3 is 2. The van der Waals surface area contributed by atoms with Crippen LogP contribution in [0.2, 0.25) is 0 Å². The lowest BCUT2D eigenvalue weighted by atomic mass is 10.1. The second-order valence-corrected chi connectivity index (χ2v) is 7.96. The second-order valence-electron chi connectivity index (χ2n) is 7.96.